The van der Waals surface area contributed by atoms with Gasteiger partial charge in [0.1, 0.15) is 10.7 Å². The van der Waals surface area contributed by atoms with Gasteiger partial charge in [-0.1, -0.05) is 18.2 Å². The monoisotopic (exact) mass is 348 g/mol. The zero-order valence-electron chi connectivity index (χ0n) is 11.6. The van der Waals surface area contributed by atoms with E-state index in [-0.39, 0.29) is 0 Å². The summed E-state index contributed by atoms with van der Waals surface area (Å²) in [5.74, 6) is 0. The van der Waals surface area contributed by atoms with E-state index in [1.54, 1.807) is 0 Å². The van der Waals surface area contributed by atoms with Crippen LogP contribution in [0.1, 0.15) is 17.4 Å². The van der Waals surface area contributed by atoms with Gasteiger partial charge in [0.25, 0.3) is 0 Å². The smallest absolute Gasteiger partial charge is 0.121 e. The lowest BCUT2D eigenvalue weighted by molar-refractivity contribution is 0.122. The van der Waals surface area contributed by atoms with Crippen molar-refractivity contribution in [1.29, 1.82) is 0 Å². The Balaban J connectivity index is 1.77. The molecule has 0 aliphatic carbocycles. The predicted octanol–water partition coefficient (Wildman–Crippen LogP) is 2.76. The Hall–Kier alpha value is -1.43. The number of ether oxygens (including phenoxy) is 1. The molecule has 4 nitrogen and oxygen atoms in total. The van der Waals surface area contributed by atoms with Gasteiger partial charge in [-0.15, -0.1) is 0 Å². The number of anilines is 1. The fourth-order valence-corrected chi connectivity index (χ4v) is 2.79. The summed E-state index contributed by atoms with van der Waals surface area (Å²) in [6, 6.07) is 13.5. The predicted molar refractivity (Wildman–Crippen MR) is 85.5 cm³/mol. The van der Waals surface area contributed by atoms with Crippen molar-refractivity contribution in [1.82, 2.24) is 4.98 Å². The molecule has 5 heteroatoms. The molecule has 0 bridgehead atoms. The van der Waals surface area contributed by atoms with Crippen LogP contribution < -0.4 is 4.90 Å². The van der Waals surface area contributed by atoms with Crippen molar-refractivity contribution in [2.75, 3.05) is 31.2 Å². The number of hydrogen-bond acceptors (Lipinski definition) is 4. The van der Waals surface area contributed by atoms with Crippen LogP contribution in [-0.2, 0) is 4.74 Å². The second-order valence-electron chi connectivity index (χ2n) is 4.98. The van der Waals surface area contributed by atoms with Crippen LogP contribution in [0.2, 0.25) is 0 Å². The van der Waals surface area contributed by atoms with E-state index in [2.05, 4.69) is 25.8 Å². The molecule has 1 aromatic heterocycles. The molecule has 0 saturated carbocycles. The Kier molecular flexibility index (Phi) is 4.53. The van der Waals surface area contributed by atoms with Crippen LogP contribution in [0.3, 0.4) is 0 Å². The largest absolute Gasteiger partial charge is 0.382 e. The number of aliphatic hydroxyl groups excluding tert-OH is 1. The van der Waals surface area contributed by atoms with E-state index in [1.165, 1.54) is 0 Å². The molecule has 1 atom stereocenters. The van der Waals surface area contributed by atoms with Crippen molar-refractivity contribution >= 4 is 21.6 Å². The quantitative estimate of drug-likeness (QED) is 0.866. The first-order chi connectivity index (χ1) is 10.2. The van der Waals surface area contributed by atoms with Gasteiger partial charge in [-0.3, -0.25) is 0 Å². The average Bonchev–Trinajstić information content (AvgIpc) is 2.55. The number of nitrogens with zero attached hydrogens (tertiary/aromatic N) is 2. The maximum atomic E-state index is 10.4. The number of benzene rings is 1. The Morgan fingerprint density at radius 2 is 1.81 bits per heavy atom. The fraction of sp³-hybridized carbons (Fsp3) is 0.312. The van der Waals surface area contributed by atoms with E-state index in [0.29, 0.717) is 5.69 Å². The summed E-state index contributed by atoms with van der Waals surface area (Å²) in [6.07, 6.45) is -0.707. The van der Waals surface area contributed by atoms with Crippen LogP contribution in [0.4, 0.5) is 5.69 Å². The first-order valence-corrected chi connectivity index (χ1v) is 7.76. The summed E-state index contributed by atoms with van der Waals surface area (Å²) in [4.78, 5) is 6.59. The first-order valence-electron chi connectivity index (χ1n) is 6.97. The van der Waals surface area contributed by atoms with Crippen LogP contribution in [0.5, 0.6) is 0 Å². The van der Waals surface area contributed by atoms with Gasteiger partial charge in [0.05, 0.1) is 18.9 Å². The van der Waals surface area contributed by atoms with Crippen LogP contribution in [0, 0.1) is 0 Å². The third-order valence-electron chi connectivity index (χ3n) is 3.60. The van der Waals surface area contributed by atoms with Gasteiger partial charge in [0, 0.05) is 18.8 Å². The highest BCUT2D eigenvalue weighted by atomic mass is 79.9. The van der Waals surface area contributed by atoms with Gasteiger partial charge in [-0.05, 0) is 45.8 Å². The summed E-state index contributed by atoms with van der Waals surface area (Å²) in [7, 11) is 0. The van der Waals surface area contributed by atoms with Crippen LogP contribution >= 0.6 is 15.9 Å². The molecule has 2 aromatic rings. The Morgan fingerprint density at radius 3 is 2.48 bits per heavy atom. The van der Waals surface area contributed by atoms with Gasteiger partial charge >= 0.3 is 0 Å². The normalized spacial score (nSPS) is 16.8. The van der Waals surface area contributed by atoms with Crippen molar-refractivity contribution in [3.63, 3.8) is 0 Å². The summed E-state index contributed by atoms with van der Waals surface area (Å²) in [6.45, 7) is 3.36. The standard InChI is InChI=1S/C16H17BrN2O2/c17-15-3-1-2-14(18-15)16(20)12-4-6-13(7-5-12)19-8-10-21-11-9-19/h1-7,16,20H,8-11H2. The van der Waals surface area contributed by atoms with Crippen LogP contribution in [0.25, 0.3) is 0 Å². The molecule has 0 spiro atoms. The molecule has 110 valence electrons. The number of pyridine rings is 1. The van der Waals surface area contributed by atoms with Crippen molar-refractivity contribution in [2.24, 2.45) is 0 Å². The molecule has 0 amide bonds. The molecule has 1 aliphatic rings. The van der Waals surface area contributed by atoms with E-state index in [1.807, 2.05) is 42.5 Å². The Morgan fingerprint density at radius 1 is 1.10 bits per heavy atom. The van der Waals surface area contributed by atoms with Crippen molar-refractivity contribution in [2.45, 2.75) is 6.10 Å². The maximum Gasteiger partial charge on any atom is 0.121 e. The lowest BCUT2D eigenvalue weighted by atomic mass is 10.1. The Labute approximate surface area is 132 Å². The maximum absolute atomic E-state index is 10.4. The van der Waals surface area contributed by atoms with E-state index in [9.17, 15) is 5.11 Å². The van der Waals surface area contributed by atoms with E-state index < -0.39 is 6.10 Å². The van der Waals surface area contributed by atoms with Gasteiger partial charge < -0.3 is 14.7 Å². The molecule has 1 aliphatic heterocycles. The zero-order chi connectivity index (χ0) is 14.7. The van der Waals surface area contributed by atoms with Gasteiger partial charge in [0.2, 0.25) is 0 Å². The summed E-state index contributed by atoms with van der Waals surface area (Å²) in [5.41, 5.74) is 2.65. The highest BCUT2D eigenvalue weighted by Gasteiger charge is 2.14. The SMILES string of the molecule is OC(c1ccc(N2CCOCC2)cc1)c1cccc(Br)n1. The molecular formula is C16H17BrN2O2. The molecule has 1 aromatic carbocycles. The number of morpholine rings is 1. The van der Waals surface area contributed by atoms with Crippen molar-refractivity contribution in [3.8, 4) is 0 Å². The van der Waals surface area contributed by atoms with Crippen molar-refractivity contribution < 1.29 is 9.84 Å². The first kappa shape index (κ1) is 14.5. The fourth-order valence-electron chi connectivity index (χ4n) is 2.44. The van der Waals surface area contributed by atoms with E-state index in [0.717, 1.165) is 42.2 Å². The molecular weight excluding hydrogens is 332 g/mol. The minimum absolute atomic E-state index is 0.642. The van der Waals surface area contributed by atoms with Crippen LogP contribution in [0.15, 0.2) is 47.1 Å². The molecule has 2 heterocycles. The summed E-state index contributed by atoms with van der Waals surface area (Å²) >= 11 is 3.33. The average molecular weight is 349 g/mol. The second-order valence-corrected chi connectivity index (χ2v) is 5.79. The van der Waals surface area contributed by atoms with Crippen LogP contribution in [-0.4, -0.2) is 36.4 Å². The number of rotatable bonds is 3. The van der Waals surface area contributed by atoms with E-state index >= 15 is 0 Å². The number of aliphatic hydroxyl groups is 1. The van der Waals surface area contributed by atoms with E-state index in [4.69, 9.17) is 4.74 Å². The van der Waals surface area contributed by atoms with Gasteiger partial charge in [-0.2, -0.15) is 0 Å². The minimum Gasteiger partial charge on any atom is -0.382 e. The minimum atomic E-state index is -0.707. The topological polar surface area (TPSA) is 45.6 Å². The lowest BCUT2D eigenvalue weighted by Gasteiger charge is -2.29. The second kappa shape index (κ2) is 6.56. The molecule has 0 radical (unpaired) electrons. The zero-order valence-corrected chi connectivity index (χ0v) is 13.2. The van der Waals surface area contributed by atoms with Crippen molar-refractivity contribution in [3.05, 3.63) is 58.3 Å². The molecule has 1 saturated heterocycles. The third-order valence-corrected chi connectivity index (χ3v) is 4.04. The van der Waals surface area contributed by atoms with Gasteiger partial charge in [0.15, 0.2) is 0 Å². The number of halogens is 1. The molecule has 1 fully saturated rings. The summed E-state index contributed by atoms with van der Waals surface area (Å²) < 4.78 is 6.08. The highest BCUT2D eigenvalue weighted by molar-refractivity contribution is 9.10. The molecule has 3 rings (SSSR count). The number of aromatic nitrogens is 1. The Bertz CT molecular complexity index is 597. The third kappa shape index (κ3) is 3.43. The molecule has 21 heavy (non-hydrogen) atoms. The van der Waals surface area contributed by atoms with Gasteiger partial charge in [-0.25, -0.2) is 4.98 Å². The molecule has 1 unspecified atom stereocenters. The number of hydrogen-bond donors (Lipinski definition) is 1. The highest BCUT2D eigenvalue weighted by Crippen LogP contribution is 2.24. The lowest BCUT2D eigenvalue weighted by Crippen LogP contribution is -2.36. The summed E-state index contributed by atoms with van der Waals surface area (Å²) in [5, 5.41) is 10.4. The molecule has 1 N–H and O–H groups in total.